The van der Waals surface area contributed by atoms with Gasteiger partial charge in [-0.1, -0.05) is 0 Å². The maximum Gasteiger partial charge on any atom is 0.123 e. The summed E-state index contributed by atoms with van der Waals surface area (Å²) in [6, 6.07) is 5.77. The van der Waals surface area contributed by atoms with E-state index in [0.29, 0.717) is 18.9 Å². The highest BCUT2D eigenvalue weighted by molar-refractivity contribution is 5.60. The normalized spacial score (nSPS) is 10.3. The van der Waals surface area contributed by atoms with Gasteiger partial charge in [0.25, 0.3) is 0 Å². The lowest BCUT2D eigenvalue weighted by molar-refractivity contribution is 0.154. The first-order valence-electron chi connectivity index (χ1n) is 5.99. The minimum absolute atomic E-state index is 0.644. The van der Waals surface area contributed by atoms with E-state index < -0.39 is 0 Å². The molecule has 0 radical (unpaired) electrons. The minimum atomic E-state index is 0.644. The van der Waals surface area contributed by atoms with Crippen LogP contribution in [0.3, 0.4) is 0 Å². The largest absolute Gasteiger partial charge is 0.494 e. The van der Waals surface area contributed by atoms with E-state index in [-0.39, 0.29) is 0 Å². The Balaban J connectivity index is 2.67. The number of nitrogens with zero attached hydrogens (tertiary/aromatic N) is 1. The Kier molecular flexibility index (Phi) is 5.63. The van der Waals surface area contributed by atoms with Crippen molar-refractivity contribution in [3.8, 4) is 5.75 Å². The van der Waals surface area contributed by atoms with E-state index in [9.17, 15) is 0 Å². The number of likely N-dealkylation sites (N-methyl/N-ethyl adjacent to an activating group) is 1. The summed E-state index contributed by atoms with van der Waals surface area (Å²) in [6.07, 6.45) is 0. The third kappa shape index (κ3) is 4.53. The van der Waals surface area contributed by atoms with Crippen LogP contribution in [0.5, 0.6) is 5.75 Å². The van der Waals surface area contributed by atoms with Gasteiger partial charge in [0.1, 0.15) is 5.75 Å². The highest BCUT2D eigenvalue weighted by Crippen LogP contribution is 2.24. The Morgan fingerprint density at radius 3 is 2.59 bits per heavy atom. The summed E-state index contributed by atoms with van der Waals surface area (Å²) in [5.74, 6) is 0.811. The van der Waals surface area contributed by atoms with Gasteiger partial charge in [-0.15, -0.1) is 0 Å². The van der Waals surface area contributed by atoms with Crippen LogP contribution in [0.25, 0.3) is 0 Å². The Morgan fingerprint density at radius 2 is 1.94 bits per heavy atom. The first-order valence-corrected chi connectivity index (χ1v) is 5.99. The molecule has 1 rings (SSSR count). The van der Waals surface area contributed by atoms with E-state index in [0.717, 1.165) is 24.6 Å². The van der Waals surface area contributed by atoms with E-state index in [1.54, 1.807) is 0 Å². The summed E-state index contributed by atoms with van der Waals surface area (Å²) >= 11 is 0. The Hall–Kier alpha value is -1.42. The highest BCUT2D eigenvalue weighted by Gasteiger charge is 2.04. The van der Waals surface area contributed by atoms with E-state index in [1.807, 2.05) is 39.1 Å². The van der Waals surface area contributed by atoms with Gasteiger partial charge >= 0.3 is 0 Å². The number of nitrogens with two attached hydrogens (primary N) is 1. The van der Waals surface area contributed by atoms with Crippen molar-refractivity contribution < 1.29 is 9.47 Å². The zero-order chi connectivity index (χ0) is 12.7. The van der Waals surface area contributed by atoms with Crippen molar-refractivity contribution in [2.75, 3.05) is 44.0 Å². The van der Waals surface area contributed by atoms with E-state index in [4.69, 9.17) is 15.2 Å². The molecule has 0 unspecified atom stereocenters. The van der Waals surface area contributed by atoms with Crippen LogP contribution in [0.4, 0.5) is 11.4 Å². The lowest BCUT2D eigenvalue weighted by Gasteiger charge is -2.20. The minimum Gasteiger partial charge on any atom is -0.494 e. The number of benzene rings is 1. The van der Waals surface area contributed by atoms with Gasteiger partial charge in [0, 0.05) is 43.7 Å². The van der Waals surface area contributed by atoms with Crippen LogP contribution in [0.1, 0.15) is 13.8 Å². The summed E-state index contributed by atoms with van der Waals surface area (Å²) in [5.41, 5.74) is 7.61. The maximum atomic E-state index is 5.84. The second-order valence-electron chi connectivity index (χ2n) is 3.81. The first-order chi connectivity index (χ1) is 8.17. The molecule has 0 saturated heterocycles. The van der Waals surface area contributed by atoms with Crippen LogP contribution in [-0.2, 0) is 4.74 Å². The van der Waals surface area contributed by atoms with Crippen molar-refractivity contribution in [1.82, 2.24) is 0 Å². The van der Waals surface area contributed by atoms with Gasteiger partial charge in [0.15, 0.2) is 0 Å². The van der Waals surface area contributed by atoms with Gasteiger partial charge in [-0.2, -0.15) is 0 Å². The zero-order valence-electron chi connectivity index (χ0n) is 10.9. The molecular formula is C13H22N2O2. The average Bonchev–Trinajstić information content (AvgIpc) is 2.29. The van der Waals surface area contributed by atoms with Crippen molar-refractivity contribution in [1.29, 1.82) is 0 Å². The Morgan fingerprint density at radius 1 is 1.18 bits per heavy atom. The predicted molar refractivity (Wildman–Crippen MR) is 71.8 cm³/mol. The highest BCUT2D eigenvalue weighted by atomic mass is 16.5. The number of nitrogen functional groups attached to an aromatic ring is 1. The molecule has 2 N–H and O–H groups in total. The third-order valence-corrected chi connectivity index (χ3v) is 2.44. The molecule has 0 atom stereocenters. The van der Waals surface area contributed by atoms with Crippen LogP contribution < -0.4 is 15.4 Å². The predicted octanol–water partition coefficient (Wildman–Crippen LogP) is 2.14. The lowest BCUT2D eigenvalue weighted by Crippen LogP contribution is -2.22. The molecule has 0 heterocycles. The van der Waals surface area contributed by atoms with Crippen molar-refractivity contribution >= 4 is 11.4 Å². The summed E-state index contributed by atoms with van der Waals surface area (Å²) < 4.78 is 10.8. The van der Waals surface area contributed by atoms with Gasteiger partial charge in [0.05, 0.1) is 13.2 Å². The molecule has 0 spiro atoms. The molecule has 0 aliphatic rings. The molecule has 0 aliphatic heterocycles. The van der Waals surface area contributed by atoms with Crippen molar-refractivity contribution in [3.05, 3.63) is 18.2 Å². The van der Waals surface area contributed by atoms with Crippen molar-refractivity contribution in [2.45, 2.75) is 13.8 Å². The van der Waals surface area contributed by atoms with Crippen LogP contribution in [0.2, 0.25) is 0 Å². The van der Waals surface area contributed by atoms with Crippen molar-refractivity contribution in [2.24, 2.45) is 0 Å². The molecule has 1 aromatic carbocycles. The van der Waals surface area contributed by atoms with Gasteiger partial charge in [0.2, 0.25) is 0 Å². The molecule has 0 amide bonds. The molecule has 17 heavy (non-hydrogen) atoms. The van der Waals surface area contributed by atoms with E-state index >= 15 is 0 Å². The smallest absolute Gasteiger partial charge is 0.123 e. The van der Waals surface area contributed by atoms with Crippen LogP contribution >= 0.6 is 0 Å². The average molecular weight is 238 g/mol. The fourth-order valence-electron chi connectivity index (χ4n) is 1.55. The zero-order valence-corrected chi connectivity index (χ0v) is 10.9. The van der Waals surface area contributed by atoms with Gasteiger partial charge in [-0.25, -0.2) is 0 Å². The van der Waals surface area contributed by atoms with Crippen molar-refractivity contribution in [3.63, 3.8) is 0 Å². The number of ether oxygens (including phenoxy) is 2. The maximum absolute atomic E-state index is 5.84. The molecule has 0 fully saturated rings. The fourth-order valence-corrected chi connectivity index (χ4v) is 1.55. The van der Waals surface area contributed by atoms with E-state index in [1.165, 1.54) is 0 Å². The Labute approximate surface area is 103 Å². The summed E-state index contributed by atoms with van der Waals surface area (Å²) in [6.45, 7) is 6.89. The van der Waals surface area contributed by atoms with Gasteiger partial charge in [-0.3, -0.25) is 0 Å². The third-order valence-electron chi connectivity index (χ3n) is 2.44. The molecular weight excluding hydrogens is 216 g/mol. The molecule has 0 aromatic heterocycles. The quantitative estimate of drug-likeness (QED) is 0.584. The van der Waals surface area contributed by atoms with Crippen LogP contribution in [0, 0.1) is 0 Å². The Bertz CT molecular complexity index is 342. The molecule has 4 heteroatoms. The standard InChI is InChI=1S/C13H22N2O2/c1-4-16-7-6-15(3)12-8-11(14)9-13(10-12)17-5-2/h8-10H,4-7,14H2,1-3H3. The van der Waals surface area contributed by atoms with Gasteiger partial charge < -0.3 is 20.1 Å². The molecule has 4 nitrogen and oxygen atoms in total. The molecule has 0 bridgehead atoms. The van der Waals surface area contributed by atoms with E-state index in [2.05, 4.69) is 4.90 Å². The molecule has 96 valence electrons. The second-order valence-corrected chi connectivity index (χ2v) is 3.81. The van der Waals surface area contributed by atoms with Crippen LogP contribution in [-0.4, -0.2) is 33.4 Å². The molecule has 0 saturated carbocycles. The fraction of sp³-hybridized carbons (Fsp3) is 0.538. The lowest BCUT2D eigenvalue weighted by atomic mass is 10.2. The molecule has 0 aliphatic carbocycles. The molecule has 1 aromatic rings. The summed E-state index contributed by atoms with van der Waals surface area (Å²) in [4.78, 5) is 2.11. The monoisotopic (exact) mass is 238 g/mol. The second kappa shape index (κ2) is 7.01. The number of hydrogen-bond acceptors (Lipinski definition) is 4. The SMILES string of the molecule is CCOCCN(C)c1cc(N)cc(OCC)c1. The number of rotatable bonds is 7. The van der Waals surface area contributed by atoms with Gasteiger partial charge in [-0.05, 0) is 19.9 Å². The topological polar surface area (TPSA) is 47.7 Å². The summed E-state index contributed by atoms with van der Waals surface area (Å²) in [7, 11) is 2.02. The number of anilines is 2. The number of hydrogen-bond donors (Lipinski definition) is 1. The summed E-state index contributed by atoms with van der Waals surface area (Å²) in [5, 5.41) is 0. The van der Waals surface area contributed by atoms with Crippen LogP contribution in [0.15, 0.2) is 18.2 Å². The first kappa shape index (κ1) is 13.6.